The lowest BCUT2D eigenvalue weighted by Gasteiger charge is -2.27. The number of hydrogen-bond donors (Lipinski definition) is 1. The molecule has 1 unspecified atom stereocenters. The molecule has 1 atom stereocenters. The molecule has 1 N–H and O–H groups in total. The molecular weight excluding hydrogens is 254 g/mol. The van der Waals surface area contributed by atoms with E-state index in [2.05, 4.69) is 0 Å². The first kappa shape index (κ1) is 13.8. The van der Waals surface area contributed by atoms with Gasteiger partial charge in [0.2, 0.25) is 10.0 Å². The van der Waals surface area contributed by atoms with E-state index in [1.54, 1.807) is 6.92 Å². The first-order valence-corrected chi connectivity index (χ1v) is 8.09. The van der Waals surface area contributed by atoms with Crippen molar-refractivity contribution < 1.29 is 18.3 Å². The molecule has 6 heteroatoms. The number of rotatable bonds is 3. The summed E-state index contributed by atoms with van der Waals surface area (Å²) in [5.41, 5.74) is -0.915. The van der Waals surface area contributed by atoms with E-state index < -0.39 is 21.4 Å². The van der Waals surface area contributed by atoms with Gasteiger partial charge in [-0.2, -0.15) is 0 Å². The Balaban J connectivity index is 2.10. The number of carbonyl (C=O) groups is 1. The molecular formula is C12H21NO4S. The Morgan fingerprint density at radius 3 is 2.39 bits per heavy atom. The molecule has 1 heterocycles. The van der Waals surface area contributed by atoms with Crippen molar-refractivity contribution in [2.75, 3.05) is 13.1 Å². The van der Waals surface area contributed by atoms with Gasteiger partial charge in [-0.15, -0.1) is 0 Å². The molecule has 0 aromatic rings. The maximum absolute atomic E-state index is 12.4. The number of carboxylic acids is 1. The topological polar surface area (TPSA) is 74.7 Å². The Morgan fingerprint density at radius 2 is 1.89 bits per heavy atom. The van der Waals surface area contributed by atoms with Gasteiger partial charge in [0.25, 0.3) is 0 Å². The maximum atomic E-state index is 12.4. The number of sulfonamides is 1. The molecule has 1 saturated heterocycles. The van der Waals surface area contributed by atoms with Crippen molar-refractivity contribution in [1.29, 1.82) is 0 Å². The zero-order chi connectivity index (χ0) is 13.4. The molecule has 2 fully saturated rings. The second kappa shape index (κ2) is 4.81. The average Bonchev–Trinajstić information content (AvgIpc) is 2.75. The highest BCUT2D eigenvalue weighted by Gasteiger charge is 2.46. The minimum atomic E-state index is -3.30. The molecule has 1 aliphatic carbocycles. The van der Waals surface area contributed by atoms with Gasteiger partial charge >= 0.3 is 5.97 Å². The third kappa shape index (κ3) is 2.40. The van der Waals surface area contributed by atoms with Crippen LogP contribution in [-0.4, -0.2) is 42.1 Å². The lowest BCUT2D eigenvalue weighted by molar-refractivity contribution is -0.146. The van der Waals surface area contributed by atoms with Gasteiger partial charge in [-0.25, -0.2) is 12.7 Å². The van der Waals surface area contributed by atoms with Gasteiger partial charge in [-0.05, 0) is 26.2 Å². The van der Waals surface area contributed by atoms with Gasteiger partial charge in [-0.1, -0.05) is 19.3 Å². The third-order valence-corrected chi connectivity index (χ3v) is 6.63. The van der Waals surface area contributed by atoms with Crippen molar-refractivity contribution >= 4 is 16.0 Å². The average molecular weight is 275 g/mol. The maximum Gasteiger partial charge on any atom is 0.310 e. The van der Waals surface area contributed by atoms with Gasteiger partial charge in [0.05, 0.1) is 10.7 Å². The Labute approximate surface area is 108 Å². The summed E-state index contributed by atoms with van der Waals surface area (Å²) in [7, 11) is -3.30. The van der Waals surface area contributed by atoms with Crippen molar-refractivity contribution in [3.05, 3.63) is 0 Å². The van der Waals surface area contributed by atoms with Crippen LogP contribution in [0.4, 0.5) is 0 Å². The summed E-state index contributed by atoms with van der Waals surface area (Å²) < 4.78 is 26.3. The van der Waals surface area contributed by atoms with Crippen LogP contribution in [-0.2, 0) is 14.8 Å². The highest BCUT2D eigenvalue weighted by atomic mass is 32.2. The van der Waals surface area contributed by atoms with Crippen molar-refractivity contribution in [3.8, 4) is 0 Å². The fraction of sp³-hybridized carbons (Fsp3) is 0.917. The van der Waals surface area contributed by atoms with Crippen molar-refractivity contribution in [2.45, 2.75) is 50.7 Å². The molecule has 0 radical (unpaired) electrons. The first-order valence-electron chi connectivity index (χ1n) is 6.59. The summed E-state index contributed by atoms with van der Waals surface area (Å²) in [4.78, 5) is 11.2. The van der Waals surface area contributed by atoms with E-state index in [1.165, 1.54) is 4.31 Å². The van der Waals surface area contributed by atoms with Crippen LogP contribution in [0.1, 0.15) is 45.4 Å². The number of carboxylic acid groups (broad SMARTS) is 1. The second-order valence-corrected chi connectivity index (χ2v) is 7.97. The van der Waals surface area contributed by atoms with Crippen LogP contribution in [0.5, 0.6) is 0 Å². The molecule has 104 valence electrons. The lowest BCUT2D eigenvalue weighted by atomic mass is 9.90. The van der Waals surface area contributed by atoms with Crippen LogP contribution in [0.15, 0.2) is 0 Å². The molecule has 18 heavy (non-hydrogen) atoms. The van der Waals surface area contributed by atoms with E-state index in [0.717, 1.165) is 32.1 Å². The Hall–Kier alpha value is -0.620. The van der Waals surface area contributed by atoms with E-state index in [4.69, 9.17) is 5.11 Å². The summed E-state index contributed by atoms with van der Waals surface area (Å²) in [6.07, 6.45) is 4.90. The third-order valence-electron chi connectivity index (χ3n) is 4.29. The van der Waals surface area contributed by atoms with E-state index in [1.807, 2.05) is 0 Å². The number of hydrogen-bond acceptors (Lipinski definition) is 3. The lowest BCUT2D eigenvalue weighted by Crippen LogP contribution is -2.40. The molecule has 0 aromatic heterocycles. The van der Waals surface area contributed by atoms with Gasteiger partial charge < -0.3 is 5.11 Å². The Bertz CT molecular complexity index is 427. The number of nitrogens with zero attached hydrogens (tertiary/aromatic N) is 1. The smallest absolute Gasteiger partial charge is 0.310 e. The molecule has 1 aliphatic heterocycles. The van der Waals surface area contributed by atoms with Gasteiger partial charge in [-0.3, -0.25) is 4.79 Å². The van der Waals surface area contributed by atoms with Crippen LogP contribution >= 0.6 is 0 Å². The quantitative estimate of drug-likeness (QED) is 0.846. The van der Waals surface area contributed by atoms with Crippen molar-refractivity contribution in [2.24, 2.45) is 5.41 Å². The molecule has 2 aliphatic rings. The second-order valence-electron chi connectivity index (χ2n) is 5.75. The van der Waals surface area contributed by atoms with Crippen LogP contribution in [0.25, 0.3) is 0 Å². The van der Waals surface area contributed by atoms with Gasteiger partial charge in [0.1, 0.15) is 0 Å². The highest BCUT2D eigenvalue weighted by Crippen LogP contribution is 2.35. The normalized spacial score (nSPS) is 31.6. The van der Waals surface area contributed by atoms with Crippen LogP contribution in [0.3, 0.4) is 0 Å². The molecule has 1 saturated carbocycles. The van der Waals surface area contributed by atoms with E-state index in [0.29, 0.717) is 13.0 Å². The highest BCUT2D eigenvalue weighted by molar-refractivity contribution is 7.89. The predicted molar refractivity (Wildman–Crippen MR) is 67.7 cm³/mol. The van der Waals surface area contributed by atoms with Gasteiger partial charge in [0, 0.05) is 13.1 Å². The molecule has 2 rings (SSSR count). The predicted octanol–water partition coefficient (Wildman–Crippen LogP) is 1.45. The van der Waals surface area contributed by atoms with E-state index in [-0.39, 0.29) is 11.8 Å². The van der Waals surface area contributed by atoms with E-state index in [9.17, 15) is 13.2 Å². The molecule has 5 nitrogen and oxygen atoms in total. The van der Waals surface area contributed by atoms with Crippen LogP contribution in [0.2, 0.25) is 0 Å². The first-order chi connectivity index (χ1) is 8.36. The fourth-order valence-electron chi connectivity index (χ4n) is 2.88. The minimum absolute atomic E-state index is 0.126. The monoisotopic (exact) mass is 275 g/mol. The summed E-state index contributed by atoms with van der Waals surface area (Å²) in [6, 6.07) is 0. The SMILES string of the molecule is CC1(C(=O)O)CCN(S(=O)(=O)C2CCCCC2)C1. The fourth-order valence-corrected chi connectivity index (χ4v) is 5.05. The van der Waals surface area contributed by atoms with E-state index >= 15 is 0 Å². The zero-order valence-corrected chi connectivity index (χ0v) is 11.6. The standard InChI is InChI=1S/C12H21NO4S/c1-12(11(14)15)7-8-13(9-12)18(16,17)10-5-3-2-4-6-10/h10H,2-9H2,1H3,(H,14,15). The Morgan fingerprint density at radius 1 is 1.28 bits per heavy atom. The largest absolute Gasteiger partial charge is 0.481 e. The Kier molecular flexibility index (Phi) is 3.69. The molecule has 0 spiro atoms. The van der Waals surface area contributed by atoms with Crippen LogP contribution < -0.4 is 0 Å². The summed E-state index contributed by atoms with van der Waals surface area (Å²) in [5, 5.41) is 8.86. The van der Waals surface area contributed by atoms with Crippen LogP contribution in [0, 0.1) is 5.41 Å². The molecule has 0 bridgehead atoms. The molecule has 0 aromatic carbocycles. The number of aliphatic carboxylic acids is 1. The summed E-state index contributed by atoms with van der Waals surface area (Å²) in [5.74, 6) is -0.899. The molecule has 0 amide bonds. The van der Waals surface area contributed by atoms with Crippen molar-refractivity contribution in [1.82, 2.24) is 4.31 Å². The van der Waals surface area contributed by atoms with Gasteiger partial charge in [0.15, 0.2) is 0 Å². The minimum Gasteiger partial charge on any atom is -0.481 e. The summed E-state index contributed by atoms with van der Waals surface area (Å²) >= 11 is 0. The van der Waals surface area contributed by atoms with Crippen molar-refractivity contribution in [3.63, 3.8) is 0 Å². The zero-order valence-electron chi connectivity index (χ0n) is 10.8. The summed E-state index contributed by atoms with van der Waals surface area (Å²) in [6.45, 7) is 2.11.